The van der Waals surface area contributed by atoms with Crippen molar-refractivity contribution in [1.82, 2.24) is 19.9 Å². The molecule has 0 aliphatic carbocycles. The van der Waals surface area contributed by atoms with Gasteiger partial charge in [-0.1, -0.05) is 0 Å². The van der Waals surface area contributed by atoms with E-state index < -0.39 is 0 Å². The zero-order valence-electron chi connectivity index (χ0n) is 14.3. The van der Waals surface area contributed by atoms with Crippen LogP contribution in [0, 0.1) is 0 Å². The number of rotatable bonds is 5. The Morgan fingerprint density at radius 2 is 1.88 bits per heavy atom. The van der Waals surface area contributed by atoms with Crippen molar-refractivity contribution in [1.29, 1.82) is 0 Å². The minimum atomic E-state index is 0.183. The van der Waals surface area contributed by atoms with Crippen molar-refractivity contribution in [3.05, 3.63) is 42.2 Å². The number of anilines is 2. The van der Waals surface area contributed by atoms with Crippen LogP contribution in [0.25, 0.3) is 10.2 Å². The summed E-state index contributed by atoms with van der Waals surface area (Å²) >= 11 is 1.66. The molecule has 0 spiro atoms. The highest BCUT2D eigenvalue weighted by Crippen LogP contribution is 2.26. The number of aromatic nitrogens is 3. The number of nitrogens with zero attached hydrogens (tertiary/aromatic N) is 5. The molecule has 0 saturated carbocycles. The third-order valence-electron chi connectivity index (χ3n) is 4.47. The molecule has 1 amide bonds. The molecule has 26 heavy (non-hydrogen) atoms. The van der Waals surface area contributed by atoms with Gasteiger partial charge in [-0.15, -0.1) is 11.3 Å². The van der Waals surface area contributed by atoms with E-state index in [1.54, 1.807) is 29.9 Å². The van der Waals surface area contributed by atoms with Crippen LogP contribution in [0.5, 0.6) is 0 Å². The summed E-state index contributed by atoms with van der Waals surface area (Å²) in [6.45, 7) is 3.58. The van der Waals surface area contributed by atoms with Crippen molar-refractivity contribution >= 4 is 39.1 Å². The van der Waals surface area contributed by atoms with E-state index in [9.17, 15) is 4.79 Å². The Hall–Kier alpha value is -2.74. The maximum absolute atomic E-state index is 12.5. The fraction of sp³-hybridized carbons (Fsp3) is 0.333. The van der Waals surface area contributed by atoms with Crippen molar-refractivity contribution in [2.24, 2.45) is 0 Å². The number of carbonyl (C=O) groups excluding carboxylic acids is 1. The predicted molar refractivity (Wildman–Crippen MR) is 104 cm³/mol. The van der Waals surface area contributed by atoms with Crippen LogP contribution < -0.4 is 10.2 Å². The van der Waals surface area contributed by atoms with Gasteiger partial charge in [0, 0.05) is 57.7 Å². The number of nitrogens with one attached hydrogen (secondary N) is 1. The van der Waals surface area contributed by atoms with Gasteiger partial charge < -0.3 is 15.1 Å². The second kappa shape index (κ2) is 7.65. The average molecular weight is 368 g/mol. The van der Waals surface area contributed by atoms with E-state index in [1.165, 1.54) is 0 Å². The highest BCUT2D eigenvalue weighted by Gasteiger charge is 2.22. The summed E-state index contributed by atoms with van der Waals surface area (Å²) in [5, 5.41) is 5.40. The van der Waals surface area contributed by atoms with Crippen LogP contribution >= 0.6 is 11.3 Å². The smallest absolute Gasteiger partial charge is 0.225 e. The van der Waals surface area contributed by atoms with Gasteiger partial charge >= 0.3 is 0 Å². The van der Waals surface area contributed by atoms with Gasteiger partial charge in [-0.2, -0.15) is 0 Å². The minimum absolute atomic E-state index is 0.183. The first-order valence-electron chi connectivity index (χ1n) is 8.67. The fourth-order valence-corrected chi connectivity index (χ4v) is 3.93. The molecule has 3 aromatic rings. The quantitative estimate of drug-likeness (QED) is 0.744. The molecular formula is C18H20N6OS. The van der Waals surface area contributed by atoms with Crippen LogP contribution in [0.1, 0.15) is 6.42 Å². The summed E-state index contributed by atoms with van der Waals surface area (Å²) in [4.78, 5) is 29.4. The molecule has 7 nitrogen and oxygen atoms in total. The molecule has 0 radical (unpaired) electrons. The summed E-state index contributed by atoms with van der Waals surface area (Å²) < 4.78 is 1.14. The average Bonchev–Trinajstić information content (AvgIpc) is 3.18. The van der Waals surface area contributed by atoms with Crippen molar-refractivity contribution in [2.45, 2.75) is 6.42 Å². The molecule has 0 bridgehead atoms. The molecule has 0 atom stereocenters. The minimum Gasteiger partial charge on any atom is -0.383 e. The Morgan fingerprint density at radius 1 is 1.08 bits per heavy atom. The Morgan fingerprint density at radius 3 is 2.69 bits per heavy atom. The van der Waals surface area contributed by atoms with Crippen LogP contribution in [0.15, 0.2) is 42.2 Å². The Kier molecular flexibility index (Phi) is 4.92. The Labute approximate surface area is 155 Å². The summed E-state index contributed by atoms with van der Waals surface area (Å²) in [6, 6.07) is 5.78. The van der Waals surface area contributed by atoms with Crippen molar-refractivity contribution in [3.8, 4) is 0 Å². The van der Waals surface area contributed by atoms with Crippen LogP contribution in [0.4, 0.5) is 11.6 Å². The van der Waals surface area contributed by atoms with E-state index in [4.69, 9.17) is 0 Å². The maximum Gasteiger partial charge on any atom is 0.225 e. The second-order valence-corrected chi connectivity index (χ2v) is 7.00. The normalized spacial score (nSPS) is 14.6. The molecular weight excluding hydrogens is 348 g/mol. The van der Waals surface area contributed by atoms with Gasteiger partial charge in [0.2, 0.25) is 11.9 Å². The van der Waals surface area contributed by atoms with E-state index in [-0.39, 0.29) is 5.91 Å². The number of pyridine rings is 1. The number of amides is 1. The van der Waals surface area contributed by atoms with E-state index in [2.05, 4.69) is 25.2 Å². The van der Waals surface area contributed by atoms with Crippen LogP contribution in [0.3, 0.4) is 0 Å². The monoisotopic (exact) mass is 368 g/mol. The lowest BCUT2D eigenvalue weighted by Gasteiger charge is -2.34. The third-order valence-corrected chi connectivity index (χ3v) is 5.40. The lowest BCUT2D eigenvalue weighted by atomic mass is 10.2. The SMILES string of the molecule is O=C(CCNc1ccnc2ccsc12)N1CCN(c2ncccn2)CC1. The first kappa shape index (κ1) is 16.7. The van der Waals surface area contributed by atoms with Crippen LogP contribution in [-0.2, 0) is 4.79 Å². The molecule has 4 heterocycles. The Bertz CT molecular complexity index is 876. The van der Waals surface area contributed by atoms with Crippen LogP contribution in [-0.4, -0.2) is 58.5 Å². The van der Waals surface area contributed by atoms with Crippen molar-refractivity contribution in [2.75, 3.05) is 42.9 Å². The Balaban J connectivity index is 1.26. The summed E-state index contributed by atoms with van der Waals surface area (Å²) in [7, 11) is 0. The topological polar surface area (TPSA) is 74.2 Å². The van der Waals surface area contributed by atoms with Crippen molar-refractivity contribution < 1.29 is 4.79 Å². The number of hydrogen-bond donors (Lipinski definition) is 1. The lowest BCUT2D eigenvalue weighted by Crippen LogP contribution is -2.49. The molecule has 3 aromatic heterocycles. The van der Waals surface area contributed by atoms with Gasteiger partial charge in [-0.25, -0.2) is 9.97 Å². The second-order valence-electron chi connectivity index (χ2n) is 6.09. The van der Waals surface area contributed by atoms with E-state index >= 15 is 0 Å². The molecule has 0 aromatic carbocycles. The zero-order chi connectivity index (χ0) is 17.8. The van der Waals surface area contributed by atoms with Gasteiger partial charge in [0.25, 0.3) is 0 Å². The highest BCUT2D eigenvalue weighted by molar-refractivity contribution is 7.17. The molecule has 1 fully saturated rings. The zero-order valence-corrected chi connectivity index (χ0v) is 15.2. The van der Waals surface area contributed by atoms with Crippen LogP contribution in [0.2, 0.25) is 0 Å². The van der Waals surface area contributed by atoms with Gasteiger partial charge in [0.15, 0.2) is 0 Å². The number of carbonyl (C=O) groups is 1. The molecule has 8 heteroatoms. The number of fused-ring (bicyclic) bond motifs is 1. The molecule has 1 aliphatic rings. The van der Waals surface area contributed by atoms with Gasteiger partial charge in [-0.05, 0) is 23.6 Å². The first-order valence-corrected chi connectivity index (χ1v) is 9.55. The van der Waals surface area contributed by atoms with Gasteiger partial charge in [0.1, 0.15) is 0 Å². The van der Waals surface area contributed by atoms with E-state index in [0.717, 1.165) is 34.9 Å². The molecule has 1 saturated heterocycles. The van der Waals surface area contributed by atoms with Gasteiger partial charge in [0.05, 0.1) is 15.9 Å². The molecule has 0 unspecified atom stereocenters. The first-order chi connectivity index (χ1) is 12.8. The van der Waals surface area contributed by atoms with E-state index in [0.29, 0.717) is 26.1 Å². The predicted octanol–water partition coefficient (Wildman–Crippen LogP) is 2.24. The number of piperazine rings is 1. The van der Waals surface area contributed by atoms with Gasteiger partial charge in [-0.3, -0.25) is 9.78 Å². The number of thiophene rings is 1. The third kappa shape index (κ3) is 3.60. The number of hydrogen-bond acceptors (Lipinski definition) is 7. The fourth-order valence-electron chi connectivity index (χ4n) is 3.09. The molecule has 1 aliphatic heterocycles. The molecule has 134 valence electrons. The highest BCUT2D eigenvalue weighted by atomic mass is 32.1. The molecule has 1 N–H and O–H groups in total. The standard InChI is InChI=1S/C18H20N6OS/c25-16(3-8-20-14-2-7-19-15-4-13-26-17(14)15)23-9-11-24(12-10-23)18-21-5-1-6-22-18/h1-2,4-7,13H,3,8-12H2,(H,19,20). The largest absolute Gasteiger partial charge is 0.383 e. The van der Waals surface area contributed by atoms with Crippen molar-refractivity contribution in [3.63, 3.8) is 0 Å². The summed E-state index contributed by atoms with van der Waals surface area (Å²) in [6.07, 6.45) is 5.77. The van der Waals surface area contributed by atoms with E-state index in [1.807, 2.05) is 28.5 Å². The molecule has 4 rings (SSSR count). The summed E-state index contributed by atoms with van der Waals surface area (Å²) in [5.41, 5.74) is 2.04. The lowest BCUT2D eigenvalue weighted by molar-refractivity contribution is -0.131. The maximum atomic E-state index is 12.5. The summed E-state index contributed by atoms with van der Waals surface area (Å²) in [5.74, 6) is 0.918.